The Hall–Kier alpha value is -1.22. The maximum Gasteiger partial charge on any atom is 0.231 e. The molecule has 4 atom stereocenters. The van der Waals surface area contributed by atoms with E-state index in [0.29, 0.717) is 18.9 Å². The van der Waals surface area contributed by atoms with Crippen LogP contribution in [0.4, 0.5) is 0 Å². The van der Waals surface area contributed by atoms with Gasteiger partial charge in [-0.05, 0) is 49.3 Å². The Labute approximate surface area is 115 Å². The van der Waals surface area contributed by atoms with Crippen LogP contribution in [0.2, 0.25) is 0 Å². The van der Waals surface area contributed by atoms with E-state index < -0.39 is 0 Å². The minimum absolute atomic E-state index is 0.345. The molecular weight excluding hydrogens is 238 g/mol. The van der Waals surface area contributed by atoms with Crippen molar-refractivity contribution >= 4 is 0 Å². The quantitative estimate of drug-likeness (QED) is 0.903. The third-order valence-corrected chi connectivity index (χ3v) is 4.83. The average Bonchev–Trinajstić information content (AvgIpc) is 2.99. The van der Waals surface area contributed by atoms with Crippen LogP contribution in [-0.2, 0) is 0 Å². The predicted octanol–water partition coefficient (Wildman–Crippen LogP) is 3.50. The summed E-state index contributed by atoms with van der Waals surface area (Å²) in [6.07, 6.45) is 2.63. The van der Waals surface area contributed by atoms with E-state index in [1.54, 1.807) is 0 Å². The third-order valence-electron chi connectivity index (χ3n) is 4.83. The number of hydrogen-bond acceptors (Lipinski definition) is 3. The van der Waals surface area contributed by atoms with Crippen LogP contribution >= 0.6 is 0 Å². The number of benzene rings is 1. The Morgan fingerprint density at radius 3 is 2.68 bits per heavy atom. The summed E-state index contributed by atoms with van der Waals surface area (Å²) in [5.74, 6) is 3.33. The molecule has 3 rings (SSSR count). The van der Waals surface area contributed by atoms with Crippen molar-refractivity contribution in [1.29, 1.82) is 0 Å². The Kier molecular flexibility index (Phi) is 3.40. The van der Waals surface area contributed by atoms with E-state index in [-0.39, 0.29) is 0 Å². The lowest BCUT2D eigenvalue weighted by atomic mass is 9.96. The van der Waals surface area contributed by atoms with Gasteiger partial charge in [0, 0.05) is 12.1 Å². The molecule has 0 radical (unpaired) electrons. The van der Waals surface area contributed by atoms with Gasteiger partial charge in [-0.1, -0.05) is 19.9 Å². The molecule has 3 nitrogen and oxygen atoms in total. The minimum Gasteiger partial charge on any atom is -0.454 e. The van der Waals surface area contributed by atoms with E-state index in [9.17, 15) is 0 Å². The normalized spacial score (nSPS) is 30.6. The van der Waals surface area contributed by atoms with Gasteiger partial charge < -0.3 is 14.8 Å². The van der Waals surface area contributed by atoms with Crippen LogP contribution in [0.5, 0.6) is 11.5 Å². The fourth-order valence-corrected chi connectivity index (χ4v) is 3.20. The summed E-state index contributed by atoms with van der Waals surface area (Å²) in [4.78, 5) is 0. The number of nitrogens with one attached hydrogen (secondary N) is 1. The smallest absolute Gasteiger partial charge is 0.231 e. The van der Waals surface area contributed by atoms with Crippen molar-refractivity contribution in [1.82, 2.24) is 5.32 Å². The fraction of sp³-hybridized carbons (Fsp3) is 0.625. The Bertz CT molecular complexity index is 460. The molecule has 1 heterocycles. The molecule has 0 saturated heterocycles. The summed E-state index contributed by atoms with van der Waals surface area (Å²) in [6, 6.07) is 7.23. The molecule has 0 amide bonds. The summed E-state index contributed by atoms with van der Waals surface area (Å²) in [5, 5.41) is 3.77. The summed E-state index contributed by atoms with van der Waals surface area (Å²) in [7, 11) is 0. The van der Waals surface area contributed by atoms with Gasteiger partial charge in [-0.2, -0.15) is 0 Å². The highest BCUT2D eigenvalue weighted by atomic mass is 16.7. The molecule has 1 N–H and O–H groups in total. The second kappa shape index (κ2) is 5.04. The fourth-order valence-electron chi connectivity index (χ4n) is 3.20. The second-order valence-corrected chi connectivity index (χ2v) is 6.02. The minimum atomic E-state index is 0.345. The number of hydrogen-bond donors (Lipinski definition) is 1. The van der Waals surface area contributed by atoms with Crippen molar-refractivity contribution in [2.75, 3.05) is 6.79 Å². The molecule has 0 aromatic heterocycles. The van der Waals surface area contributed by atoms with Crippen molar-refractivity contribution in [2.24, 2.45) is 11.8 Å². The number of ether oxygens (including phenoxy) is 2. The molecule has 1 saturated carbocycles. The highest BCUT2D eigenvalue weighted by Crippen LogP contribution is 2.36. The first-order chi connectivity index (χ1) is 9.15. The molecule has 19 heavy (non-hydrogen) atoms. The number of rotatable bonds is 3. The Morgan fingerprint density at radius 1 is 1.16 bits per heavy atom. The predicted molar refractivity (Wildman–Crippen MR) is 75.5 cm³/mol. The van der Waals surface area contributed by atoms with Gasteiger partial charge in [0.2, 0.25) is 6.79 Å². The van der Waals surface area contributed by atoms with Crippen molar-refractivity contribution in [3.8, 4) is 11.5 Å². The van der Waals surface area contributed by atoms with Gasteiger partial charge in [0.1, 0.15) is 0 Å². The summed E-state index contributed by atoms with van der Waals surface area (Å²) in [5.41, 5.74) is 1.27. The van der Waals surface area contributed by atoms with Crippen molar-refractivity contribution in [3.05, 3.63) is 23.8 Å². The SMILES string of the molecule is CC(NC1CCC(C)C1C)c1ccc2c(c1)OCO2. The van der Waals surface area contributed by atoms with Crippen molar-refractivity contribution in [3.63, 3.8) is 0 Å². The lowest BCUT2D eigenvalue weighted by molar-refractivity contribution is 0.174. The summed E-state index contributed by atoms with van der Waals surface area (Å²) < 4.78 is 10.8. The maximum absolute atomic E-state index is 5.45. The Morgan fingerprint density at radius 2 is 1.95 bits per heavy atom. The zero-order valence-electron chi connectivity index (χ0n) is 12.0. The van der Waals surface area contributed by atoms with E-state index in [0.717, 1.165) is 23.3 Å². The molecule has 1 fully saturated rings. The molecule has 2 aliphatic rings. The van der Waals surface area contributed by atoms with Gasteiger partial charge in [-0.15, -0.1) is 0 Å². The van der Waals surface area contributed by atoms with Gasteiger partial charge in [0.05, 0.1) is 0 Å². The zero-order valence-corrected chi connectivity index (χ0v) is 12.0. The van der Waals surface area contributed by atoms with Gasteiger partial charge in [-0.3, -0.25) is 0 Å². The lowest BCUT2D eigenvalue weighted by Gasteiger charge is -2.24. The van der Waals surface area contributed by atoms with E-state index in [1.807, 2.05) is 6.07 Å². The van der Waals surface area contributed by atoms with Crippen molar-refractivity contribution in [2.45, 2.75) is 45.7 Å². The molecule has 104 valence electrons. The van der Waals surface area contributed by atoms with Crippen molar-refractivity contribution < 1.29 is 9.47 Å². The number of fused-ring (bicyclic) bond motifs is 1. The highest BCUT2D eigenvalue weighted by Gasteiger charge is 2.30. The van der Waals surface area contributed by atoms with E-state index >= 15 is 0 Å². The second-order valence-electron chi connectivity index (χ2n) is 6.02. The standard InChI is InChI=1S/C16H23NO2/c1-10-4-6-14(11(10)2)17-12(3)13-5-7-15-16(8-13)19-9-18-15/h5,7-8,10-12,14,17H,4,6,9H2,1-3H3. The van der Waals surface area contributed by atoms with Gasteiger partial charge in [0.15, 0.2) is 11.5 Å². The van der Waals surface area contributed by atoms with E-state index in [1.165, 1.54) is 18.4 Å². The third kappa shape index (κ3) is 2.44. The summed E-state index contributed by atoms with van der Waals surface area (Å²) in [6.45, 7) is 7.30. The molecule has 0 bridgehead atoms. The largest absolute Gasteiger partial charge is 0.454 e. The van der Waals surface area contributed by atoms with Crippen LogP contribution in [0.3, 0.4) is 0 Å². The first-order valence-corrected chi connectivity index (χ1v) is 7.30. The first kappa shape index (κ1) is 12.8. The van der Waals surface area contributed by atoms with Crippen LogP contribution in [0.1, 0.15) is 45.2 Å². The zero-order chi connectivity index (χ0) is 13.4. The monoisotopic (exact) mass is 261 g/mol. The summed E-state index contributed by atoms with van der Waals surface area (Å²) >= 11 is 0. The topological polar surface area (TPSA) is 30.5 Å². The van der Waals surface area contributed by atoms with Crippen LogP contribution in [0.15, 0.2) is 18.2 Å². The van der Waals surface area contributed by atoms with Crippen LogP contribution < -0.4 is 14.8 Å². The van der Waals surface area contributed by atoms with E-state index in [2.05, 4.69) is 38.2 Å². The molecule has 3 heteroatoms. The van der Waals surface area contributed by atoms with Gasteiger partial charge in [-0.25, -0.2) is 0 Å². The molecule has 0 spiro atoms. The lowest BCUT2D eigenvalue weighted by Crippen LogP contribution is -2.34. The van der Waals surface area contributed by atoms with Crippen LogP contribution in [0.25, 0.3) is 0 Å². The average molecular weight is 261 g/mol. The Balaban J connectivity index is 1.69. The molecule has 1 aromatic rings. The maximum atomic E-state index is 5.45. The van der Waals surface area contributed by atoms with Crippen LogP contribution in [-0.4, -0.2) is 12.8 Å². The van der Waals surface area contributed by atoms with E-state index in [4.69, 9.17) is 9.47 Å². The molecule has 1 aliphatic carbocycles. The molecule has 1 aromatic carbocycles. The molecular formula is C16H23NO2. The highest BCUT2D eigenvalue weighted by molar-refractivity contribution is 5.45. The van der Waals surface area contributed by atoms with Gasteiger partial charge in [0.25, 0.3) is 0 Å². The van der Waals surface area contributed by atoms with Gasteiger partial charge >= 0.3 is 0 Å². The van der Waals surface area contributed by atoms with Crippen LogP contribution in [0, 0.1) is 11.8 Å². The first-order valence-electron chi connectivity index (χ1n) is 7.30. The molecule has 4 unspecified atom stereocenters. The molecule has 1 aliphatic heterocycles.